The van der Waals surface area contributed by atoms with Crippen molar-refractivity contribution < 1.29 is 32.7 Å². The fourth-order valence-corrected chi connectivity index (χ4v) is 3.38. The second-order valence-electron chi connectivity index (χ2n) is 6.07. The van der Waals surface area contributed by atoms with E-state index in [2.05, 4.69) is 5.32 Å². The van der Waals surface area contributed by atoms with Crippen LogP contribution in [0.1, 0.15) is 35.7 Å². The van der Waals surface area contributed by atoms with E-state index in [1.54, 1.807) is 12.1 Å². The van der Waals surface area contributed by atoms with Gasteiger partial charge in [0.05, 0.1) is 11.3 Å². The highest BCUT2D eigenvalue weighted by Crippen LogP contribution is 2.37. The van der Waals surface area contributed by atoms with Crippen LogP contribution in [0.15, 0.2) is 41.3 Å². The number of unbranched alkanes of at least 4 members (excludes halogenated alkanes) is 1. The topological polar surface area (TPSA) is 133 Å². The smallest absolute Gasteiger partial charge is 0.339 e. The molecule has 0 fully saturated rings. The van der Waals surface area contributed by atoms with Crippen LogP contribution < -0.4 is 9.50 Å². The monoisotopic (exact) mass is 409 g/mol. The number of aromatic carboxylic acids is 1. The van der Waals surface area contributed by atoms with Gasteiger partial charge in [-0.1, -0.05) is 19.1 Å². The van der Waals surface area contributed by atoms with E-state index >= 15 is 0 Å². The fourth-order valence-electron chi connectivity index (χ4n) is 2.45. The number of phenols is 1. The van der Waals surface area contributed by atoms with Gasteiger partial charge in [0.15, 0.2) is 11.5 Å². The van der Waals surface area contributed by atoms with Crippen molar-refractivity contribution in [1.82, 2.24) is 0 Å². The molecular formula is C19H23NO7S. The lowest BCUT2D eigenvalue weighted by atomic mass is 10.1. The number of aryl methyl sites for hydroxylation is 1. The van der Waals surface area contributed by atoms with Gasteiger partial charge in [-0.15, -0.1) is 0 Å². The first-order chi connectivity index (χ1) is 13.3. The Bertz CT molecular complexity index is 924. The lowest BCUT2D eigenvalue weighted by molar-refractivity contribution is 0.0696. The molecule has 0 saturated heterocycles. The molecule has 4 N–H and O–H groups in total. The maximum Gasteiger partial charge on any atom is 0.339 e. The van der Waals surface area contributed by atoms with Crippen LogP contribution in [0.25, 0.3) is 0 Å². The fraction of sp³-hybridized carbons (Fsp3) is 0.316. The highest BCUT2D eigenvalue weighted by molar-refractivity contribution is 7.87. The number of aliphatic hydroxyl groups is 1. The van der Waals surface area contributed by atoms with E-state index in [1.165, 1.54) is 18.2 Å². The molecule has 0 spiro atoms. The van der Waals surface area contributed by atoms with Gasteiger partial charge in [-0.2, -0.15) is 8.42 Å². The molecule has 0 aliphatic heterocycles. The normalized spacial score (nSPS) is 11.2. The summed E-state index contributed by atoms with van der Waals surface area (Å²) in [4.78, 5) is 11.2. The van der Waals surface area contributed by atoms with Crippen LogP contribution in [-0.4, -0.2) is 42.9 Å². The molecule has 0 heterocycles. The van der Waals surface area contributed by atoms with Gasteiger partial charge in [-0.05, 0) is 43.0 Å². The minimum Gasteiger partial charge on any atom is -0.503 e. The summed E-state index contributed by atoms with van der Waals surface area (Å²) in [6.45, 7) is 2.29. The lowest BCUT2D eigenvalue weighted by Gasteiger charge is -2.14. The molecule has 0 saturated carbocycles. The molecule has 2 aromatic carbocycles. The van der Waals surface area contributed by atoms with Crippen LogP contribution in [0.2, 0.25) is 0 Å². The third-order valence-corrected chi connectivity index (χ3v) is 5.29. The quantitative estimate of drug-likeness (QED) is 0.267. The van der Waals surface area contributed by atoms with E-state index in [9.17, 15) is 23.4 Å². The van der Waals surface area contributed by atoms with Gasteiger partial charge in [-0.3, -0.25) is 0 Å². The first-order valence-electron chi connectivity index (χ1n) is 8.77. The first-order valence-corrected chi connectivity index (χ1v) is 10.2. The Morgan fingerprint density at radius 1 is 1.14 bits per heavy atom. The molecule has 0 bridgehead atoms. The standard InChI is InChI=1S/C19H23NO7S/c1-2-13-5-7-15(8-6-13)28(25,26)27-17-12-14(19(23)24)11-16(18(17)22)20-9-3-4-10-21/h5-8,11-12,20-22H,2-4,9-10H2,1H3,(H,23,24). The van der Waals surface area contributed by atoms with Gasteiger partial charge >= 0.3 is 16.1 Å². The number of hydrogen-bond acceptors (Lipinski definition) is 7. The average Bonchev–Trinajstić information content (AvgIpc) is 2.67. The molecule has 0 radical (unpaired) electrons. The lowest BCUT2D eigenvalue weighted by Crippen LogP contribution is -2.12. The number of nitrogens with one attached hydrogen (secondary N) is 1. The molecule has 0 unspecified atom stereocenters. The molecule has 2 aromatic rings. The first kappa shape index (κ1) is 21.5. The van der Waals surface area contributed by atoms with Crippen molar-refractivity contribution in [2.24, 2.45) is 0 Å². The Kier molecular flexibility index (Phi) is 7.24. The van der Waals surface area contributed by atoms with Crippen LogP contribution in [0, 0.1) is 0 Å². The minimum atomic E-state index is -4.26. The predicted octanol–water partition coefficient (Wildman–Crippen LogP) is 2.60. The number of carboxylic acid groups (broad SMARTS) is 1. The van der Waals surface area contributed by atoms with Crippen molar-refractivity contribution in [3.8, 4) is 11.5 Å². The summed E-state index contributed by atoms with van der Waals surface area (Å²) in [5.74, 6) is -2.29. The van der Waals surface area contributed by atoms with E-state index in [4.69, 9.17) is 9.29 Å². The minimum absolute atomic E-state index is 0.00620. The molecule has 0 aromatic heterocycles. The molecule has 9 heteroatoms. The largest absolute Gasteiger partial charge is 0.503 e. The van der Waals surface area contributed by atoms with Crippen molar-refractivity contribution in [1.29, 1.82) is 0 Å². The van der Waals surface area contributed by atoms with Crippen LogP contribution in [-0.2, 0) is 16.5 Å². The summed E-state index contributed by atoms with van der Waals surface area (Å²) in [5.41, 5.74) is 0.738. The molecule has 28 heavy (non-hydrogen) atoms. The maximum atomic E-state index is 12.5. The van der Waals surface area contributed by atoms with Crippen LogP contribution >= 0.6 is 0 Å². The Morgan fingerprint density at radius 3 is 2.39 bits per heavy atom. The van der Waals surface area contributed by atoms with Crippen molar-refractivity contribution >= 4 is 21.8 Å². The Hall–Kier alpha value is -2.78. The molecule has 2 rings (SSSR count). The molecule has 8 nitrogen and oxygen atoms in total. The number of carbonyl (C=O) groups is 1. The Balaban J connectivity index is 2.34. The number of anilines is 1. The molecule has 0 aliphatic rings. The van der Waals surface area contributed by atoms with E-state index < -0.39 is 27.6 Å². The highest BCUT2D eigenvalue weighted by atomic mass is 32.2. The summed E-state index contributed by atoms with van der Waals surface area (Å²) < 4.78 is 30.1. The second kappa shape index (κ2) is 9.43. The summed E-state index contributed by atoms with van der Waals surface area (Å²) in [5, 5.41) is 31.2. The molecule has 0 atom stereocenters. The van der Waals surface area contributed by atoms with Crippen molar-refractivity contribution in [3.05, 3.63) is 47.5 Å². The highest BCUT2D eigenvalue weighted by Gasteiger charge is 2.22. The summed E-state index contributed by atoms with van der Waals surface area (Å²) in [6, 6.07) is 8.22. The number of benzene rings is 2. The third kappa shape index (κ3) is 5.37. The van der Waals surface area contributed by atoms with E-state index in [1.807, 2.05) is 6.92 Å². The number of hydrogen-bond donors (Lipinski definition) is 4. The summed E-state index contributed by atoms with van der Waals surface area (Å²) in [7, 11) is -4.26. The zero-order chi connectivity index (χ0) is 20.7. The van der Waals surface area contributed by atoms with Gasteiger partial charge < -0.3 is 24.8 Å². The molecule has 0 aliphatic carbocycles. The number of rotatable bonds is 10. The average molecular weight is 409 g/mol. The van der Waals surface area contributed by atoms with Crippen LogP contribution in [0.5, 0.6) is 11.5 Å². The predicted molar refractivity (Wildman–Crippen MR) is 104 cm³/mol. The Labute approximate surface area is 163 Å². The zero-order valence-corrected chi connectivity index (χ0v) is 16.2. The van der Waals surface area contributed by atoms with Crippen LogP contribution in [0.3, 0.4) is 0 Å². The van der Waals surface area contributed by atoms with E-state index in [0.717, 1.165) is 18.1 Å². The zero-order valence-electron chi connectivity index (χ0n) is 15.4. The molecule has 152 valence electrons. The van der Waals surface area contributed by atoms with Gasteiger partial charge in [0.2, 0.25) is 0 Å². The van der Waals surface area contributed by atoms with Gasteiger partial charge in [0.25, 0.3) is 0 Å². The SMILES string of the molecule is CCc1ccc(S(=O)(=O)Oc2cc(C(=O)O)cc(NCCCCO)c2O)cc1. The summed E-state index contributed by atoms with van der Waals surface area (Å²) in [6.07, 6.45) is 1.84. The van der Waals surface area contributed by atoms with Crippen molar-refractivity contribution in [2.75, 3.05) is 18.5 Å². The maximum absolute atomic E-state index is 12.5. The number of carboxylic acids is 1. The van der Waals surface area contributed by atoms with Crippen molar-refractivity contribution in [3.63, 3.8) is 0 Å². The summed E-state index contributed by atoms with van der Waals surface area (Å²) >= 11 is 0. The number of aliphatic hydroxyl groups excluding tert-OH is 1. The van der Waals surface area contributed by atoms with E-state index in [0.29, 0.717) is 19.4 Å². The second-order valence-corrected chi connectivity index (χ2v) is 7.61. The van der Waals surface area contributed by atoms with Crippen LogP contribution in [0.4, 0.5) is 5.69 Å². The van der Waals surface area contributed by atoms with Crippen molar-refractivity contribution in [2.45, 2.75) is 31.1 Å². The van der Waals surface area contributed by atoms with E-state index in [-0.39, 0.29) is 22.8 Å². The molecule has 0 amide bonds. The third-order valence-electron chi connectivity index (χ3n) is 4.04. The van der Waals surface area contributed by atoms with Gasteiger partial charge in [0, 0.05) is 19.2 Å². The Morgan fingerprint density at radius 2 is 1.82 bits per heavy atom. The van der Waals surface area contributed by atoms with Gasteiger partial charge in [-0.25, -0.2) is 4.79 Å². The number of phenolic OH excluding ortho intramolecular Hbond substituents is 1. The number of aromatic hydroxyl groups is 1. The molecular weight excluding hydrogens is 386 g/mol. The van der Waals surface area contributed by atoms with Gasteiger partial charge in [0.1, 0.15) is 4.90 Å².